The maximum Gasteiger partial charge on any atom is 0.252 e. The normalized spacial score (nSPS) is 15.9. The van der Waals surface area contributed by atoms with Gasteiger partial charge in [0.05, 0.1) is 11.1 Å². The SMILES string of the molecule is Cn1c(=O)cc(C(=O)NCC2(c3cccc(Br)c3)CCOCC2)c2ccccc21. The third kappa shape index (κ3) is 3.87. The summed E-state index contributed by atoms with van der Waals surface area (Å²) in [6.45, 7) is 1.82. The number of aromatic nitrogens is 1. The first kappa shape index (κ1) is 19.9. The van der Waals surface area contributed by atoms with E-state index in [1.807, 2.05) is 36.4 Å². The smallest absolute Gasteiger partial charge is 0.252 e. The Labute approximate surface area is 177 Å². The number of amides is 1. The summed E-state index contributed by atoms with van der Waals surface area (Å²) < 4.78 is 8.17. The van der Waals surface area contributed by atoms with E-state index in [1.165, 1.54) is 11.6 Å². The van der Waals surface area contributed by atoms with Crippen molar-refractivity contribution in [3.63, 3.8) is 0 Å². The second kappa shape index (κ2) is 8.13. The van der Waals surface area contributed by atoms with Crippen molar-refractivity contribution < 1.29 is 9.53 Å². The summed E-state index contributed by atoms with van der Waals surface area (Å²) in [6.07, 6.45) is 1.67. The Balaban J connectivity index is 1.65. The van der Waals surface area contributed by atoms with Crippen molar-refractivity contribution in [3.8, 4) is 0 Å². The van der Waals surface area contributed by atoms with Crippen molar-refractivity contribution in [2.45, 2.75) is 18.3 Å². The van der Waals surface area contributed by atoms with Gasteiger partial charge in [0.15, 0.2) is 0 Å². The number of hydrogen-bond donors (Lipinski definition) is 1. The number of nitrogens with zero attached hydrogens (tertiary/aromatic N) is 1. The van der Waals surface area contributed by atoms with Crippen LogP contribution in [0.3, 0.4) is 0 Å². The summed E-state index contributed by atoms with van der Waals surface area (Å²) in [7, 11) is 1.72. The molecule has 29 heavy (non-hydrogen) atoms. The molecule has 1 saturated heterocycles. The number of fused-ring (bicyclic) bond motifs is 1. The van der Waals surface area contributed by atoms with Crippen LogP contribution in [0.5, 0.6) is 0 Å². The minimum atomic E-state index is -0.222. The largest absolute Gasteiger partial charge is 0.381 e. The Kier molecular flexibility index (Phi) is 5.56. The molecule has 0 radical (unpaired) electrons. The Morgan fingerprint density at radius 3 is 2.66 bits per heavy atom. The molecule has 1 amide bonds. The average molecular weight is 455 g/mol. The third-order valence-electron chi connectivity index (χ3n) is 5.87. The predicted octanol–water partition coefficient (Wildman–Crippen LogP) is 3.78. The van der Waals surface area contributed by atoms with Crippen LogP contribution in [0.4, 0.5) is 0 Å². The van der Waals surface area contributed by atoms with Gasteiger partial charge >= 0.3 is 0 Å². The molecule has 4 rings (SSSR count). The van der Waals surface area contributed by atoms with Crippen LogP contribution >= 0.6 is 15.9 Å². The molecule has 3 aromatic rings. The van der Waals surface area contributed by atoms with E-state index in [1.54, 1.807) is 11.6 Å². The van der Waals surface area contributed by atoms with Gasteiger partial charge in [-0.1, -0.05) is 46.3 Å². The summed E-state index contributed by atoms with van der Waals surface area (Å²) in [6, 6.07) is 17.2. The van der Waals surface area contributed by atoms with Gasteiger partial charge in [-0.25, -0.2) is 0 Å². The van der Waals surface area contributed by atoms with E-state index in [-0.39, 0.29) is 16.9 Å². The van der Waals surface area contributed by atoms with E-state index in [0.29, 0.717) is 25.3 Å². The van der Waals surface area contributed by atoms with Crippen molar-refractivity contribution in [2.24, 2.45) is 7.05 Å². The maximum atomic E-state index is 13.1. The minimum Gasteiger partial charge on any atom is -0.381 e. The first-order chi connectivity index (χ1) is 14.0. The molecule has 1 aromatic heterocycles. The quantitative estimate of drug-likeness (QED) is 0.652. The lowest BCUT2D eigenvalue weighted by Gasteiger charge is -2.38. The van der Waals surface area contributed by atoms with Crippen molar-refractivity contribution in [3.05, 3.63) is 80.6 Å². The standard InChI is InChI=1S/C23H23BrN2O3/c1-26-20-8-3-2-7-18(20)19(14-21(26)27)22(28)25-15-23(9-11-29-12-10-23)16-5-4-6-17(24)13-16/h2-8,13-14H,9-12,15H2,1H3,(H,25,28). The monoisotopic (exact) mass is 454 g/mol. The number of carbonyl (C=O) groups is 1. The molecular formula is C23H23BrN2O3. The highest BCUT2D eigenvalue weighted by Gasteiger charge is 2.35. The van der Waals surface area contributed by atoms with Gasteiger partial charge in [-0.2, -0.15) is 0 Å². The Morgan fingerprint density at radius 1 is 1.14 bits per heavy atom. The van der Waals surface area contributed by atoms with Crippen LogP contribution in [0.1, 0.15) is 28.8 Å². The molecule has 6 heteroatoms. The van der Waals surface area contributed by atoms with Crippen molar-refractivity contribution >= 4 is 32.7 Å². The number of aryl methyl sites for hydroxylation is 1. The van der Waals surface area contributed by atoms with Crippen LogP contribution in [0.2, 0.25) is 0 Å². The zero-order chi connectivity index (χ0) is 20.4. The fourth-order valence-corrected chi connectivity index (χ4v) is 4.49. The minimum absolute atomic E-state index is 0.187. The Bertz CT molecular complexity index is 1120. The van der Waals surface area contributed by atoms with E-state index in [0.717, 1.165) is 28.2 Å². The number of nitrogens with one attached hydrogen (secondary N) is 1. The van der Waals surface area contributed by atoms with E-state index in [4.69, 9.17) is 4.74 Å². The summed E-state index contributed by atoms with van der Waals surface area (Å²) >= 11 is 3.56. The van der Waals surface area contributed by atoms with Crippen LogP contribution in [-0.4, -0.2) is 30.2 Å². The second-order valence-corrected chi connectivity index (χ2v) is 8.47. The number of ether oxygens (including phenoxy) is 1. The van der Waals surface area contributed by atoms with Gasteiger partial charge in [-0.05, 0) is 36.6 Å². The zero-order valence-electron chi connectivity index (χ0n) is 16.3. The van der Waals surface area contributed by atoms with Gasteiger partial charge in [0.2, 0.25) is 0 Å². The molecule has 1 N–H and O–H groups in total. The van der Waals surface area contributed by atoms with Crippen molar-refractivity contribution in [1.29, 1.82) is 0 Å². The summed E-state index contributed by atoms with van der Waals surface area (Å²) in [5.41, 5.74) is 1.97. The third-order valence-corrected chi connectivity index (χ3v) is 6.37. The molecule has 150 valence electrons. The zero-order valence-corrected chi connectivity index (χ0v) is 17.9. The molecule has 2 aromatic carbocycles. The summed E-state index contributed by atoms with van der Waals surface area (Å²) in [5, 5.41) is 3.88. The van der Waals surface area contributed by atoms with Crippen molar-refractivity contribution in [2.75, 3.05) is 19.8 Å². The molecule has 1 aliphatic rings. The van der Waals surface area contributed by atoms with E-state index in [2.05, 4.69) is 33.4 Å². The molecular weight excluding hydrogens is 432 g/mol. The topological polar surface area (TPSA) is 60.3 Å². The molecule has 0 atom stereocenters. The first-order valence-electron chi connectivity index (χ1n) is 9.71. The lowest BCUT2D eigenvalue weighted by Crippen LogP contribution is -2.44. The van der Waals surface area contributed by atoms with Crippen LogP contribution in [0.15, 0.2) is 63.9 Å². The Hall–Kier alpha value is -2.44. The highest BCUT2D eigenvalue weighted by molar-refractivity contribution is 9.10. The molecule has 2 heterocycles. The molecule has 0 unspecified atom stereocenters. The predicted molar refractivity (Wildman–Crippen MR) is 117 cm³/mol. The number of rotatable bonds is 4. The maximum absolute atomic E-state index is 13.1. The molecule has 1 fully saturated rings. The van der Waals surface area contributed by atoms with Gasteiger partial charge in [-0.15, -0.1) is 0 Å². The van der Waals surface area contributed by atoms with Crippen molar-refractivity contribution in [1.82, 2.24) is 9.88 Å². The molecule has 5 nitrogen and oxygen atoms in total. The van der Waals surface area contributed by atoms with Gasteiger partial charge in [0.25, 0.3) is 11.5 Å². The van der Waals surface area contributed by atoms with Crippen LogP contribution in [0.25, 0.3) is 10.9 Å². The van der Waals surface area contributed by atoms with Gasteiger partial charge in [-0.3, -0.25) is 9.59 Å². The highest BCUT2D eigenvalue weighted by Crippen LogP contribution is 2.35. The Morgan fingerprint density at radius 2 is 1.90 bits per heavy atom. The van der Waals surface area contributed by atoms with Crippen LogP contribution < -0.4 is 10.9 Å². The average Bonchev–Trinajstić information content (AvgIpc) is 2.75. The lowest BCUT2D eigenvalue weighted by molar-refractivity contribution is 0.0487. The molecule has 0 aliphatic carbocycles. The fraction of sp³-hybridized carbons (Fsp3) is 0.304. The molecule has 0 spiro atoms. The number of para-hydroxylation sites is 1. The summed E-state index contributed by atoms with van der Waals surface area (Å²) in [4.78, 5) is 25.5. The number of pyridine rings is 1. The van der Waals surface area contributed by atoms with E-state index in [9.17, 15) is 9.59 Å². The number of halogens is 1. The fourth-order valence-electron chi connectivity index (χ4n) is 4.09. The van der Waals surface area contributed by atoms with E-state index < -0.39 is 0 Å². The number of benzene rings is 2. The first-order valence-corrected chi connectivity index (χ1v) is 10.5. The highest BCUT2D eigenvalue weighted by atomic mass is 79.9. The van der Waals surface area contributed by atoms with Crippen LogP contribution in [0, 0.1) is 0 Å². The van der Waals surface area contributed by atoms with E-state index >= 15 is 0 Å². The molecule has 0 bridgehead atoms. The lowest BCUT2D eigenvalue weighted by atomic mass is 9.74. The van der Waals surface area contributed by atoms with Gasteiger partial charge in [0.1, 0.15) is 0 Å². The molecule has 1 aliphatic heterocycles. The number of carbonyl (C=O) groups excluding carboxylic acids is 1. The summed E-state index contributed by atoms with van der Waals surface area (Å²) in [5.74, 6) is -0.222. The van der Waals surface area contributed by atoms with Crippen LogP contribution in [-0.2, 0) is 17.2 Å². The van der Waals surface area contributed by atoms with Gasteiger partial charge < -0.3 is 14.6 Å². The second-order valence-electron chi connectivity index (χ2n) is 7.56. The number of hydrogen-bond acceptors (Lipinski definition) is 3. The van der Waals surface area contributed by atoms with Gasteiger partial charge in [0, 0.05) is 48.1 Å². The molecule has 0 saturated carbocycles.